The van der Waals surface area contributed by atoms with Crippen LogP contribution in [-0.4, -0.2) is 181 Å². The van der Waals surface area contributed by atoms with Crippen molar-refractivity contribution in [3.63, 3.8) is 0 Å². The number of carboxylic acids is 4. The van der Waals surface area contributed by atoms with Crippen LogP contribution in [0.15, 0.2) is 264 Å². The molecule has 2 aliphatic rings. The fraction of sp³-hybridized carbons (Fsp3) is 0.230. The SMILES string of the molecule is CCCCCOC(=O)N=C1NC(=O)N(C2O[C@H](C)[C@H](OC(=O)CCc3ccccc3N=Nc3ccc(O)c(C(=O)O)c3)[C@@H]2OC(=O)CCc2ccccc2N=Nc2ccc(O)c(C(=O)O)c2)CC1F.COc1cc(/C=C/C(=O)CC(=O)/C=C/c2ccc(OC(=O)CCc3ccccc3N=Nc3ccc(O)c(C(=O)O)c3)c(OC)c2)ccc1OC(=O)CCc1ccccc1N=Nc1ccc(O)c(C(=O)O)c1. The molecule has 2 heterocycles. The van der Waals surface area contributed by atoms with E-state index in [1.54, 1.807) is 121 Å². The predicted molar refractivity (Wildman–Crippen MR) is 499 cm³/mol. The molecule has 0 aliphatic carbocycles. The van der Waals surface area contributed by atoms with E-state index in [4.69, 9.17) is 37.9 Å². The number of aromatic carboxylic acids is 4. The number of hydrogen-bond donors (Lipinski definition) is 9. The second kappa shape index (κ2) is 50.0. The Morgan fingerprint density at radius 1 is 0.443 bits per heavy atom. The summed E-state index contributed by atoms with van der Waals surface area (Å²) in [6.07, 6.45) is -1.13. The van der Waals surface area contributed by atoms with Gasteiger partial charge in [0.05, 0.1) is 98.2 Å². The highest BCUT2D eigenvalue weighted by atomic mass is 19.1. The van der Waals surface area contributed by atoms with Gasteiger partial charge in [0, 0.05) is 12.8 Å². The van der Waals surface area contributed by atoms with Gasteiger partial charge >= 0.3 is 59.9 Å². The molecule has 722 valence electrons. The number of alkyl halides is 1. The van der Waals surface area contributed by atoms with Crippen LogP contribution in [0.4, 0.5) is 59.5 Å². The topological polar surface area (TPSA) is 567 Å². The third-order valence-corrected chi connectivity index (χ3v) is 21.0. The minimum absolute atomic E-state index is 0.0351. The number of azo groups is 4. The number of ketones is 2. The van der Waals surface area contributed by atoms with Gasteiger partial charge in [-0.2, -0.15) is 45.9 Å². The lowest BCUT2D eigenvalue weighted by Crippen LogP contribution is -2.61. The molecule has 2 fully saturated rings. The lowest BCUT2D eigenvalue weighted by Gasteiger charge is -2.36. The van der Waals surface area contributed by atoms with E-state index < -0.39 is 144 Å². The number of amidine groups is 1. The Kier molecular flexibility index (Phi) is 36.7. The van der Waals surface area contributed by atoms with E-state index >= 15 is 4.39 Å². The molecule has 2 unspecified atom stereocenters. The van der Waals surface area contributed by atoms with Crippen LogP contribution >= 0.6 is 0 Å². The first kappa shape index (κ1) is 103. The molecule has 0 radical (unpaired) electrons. The number of aliphatic imine (C=N–C) groups is 1. The molecule has 9 N–H and O–H groups in total. The largest absolute Gasteiger partial charge is 0.507 e. The molecule has 12 rings (SSSR count). The molecule has 0 bridgehead atoms. The maximum absolute atomic E-state index is 15.7. The van der Waals surface area contributed by atoms with E-state index in [2.05, 4.69) is 51.2 Å². The molecule has 39 nitrogen and oxygen atoms in total. The highest BCUT2D eigenvalue weighted by Gasteiger charge is 2.53. The molecular weight excluding hydrogens is 1820 g/mol. The Bertz CT molecular complexity index is 6350. The van der Waals surface area contributed by atoms with Gasteiger partial charge in [0.1, 0.15) is 45.3 Å². The number of nitrogens with one attached hydrogen (secondary N) is 1. The van der Waals surface area contributed by atoms with Crippen molar-refractivity contribution in [1.29, 1.82) is 0 Å². The number of allylic oxidation sites excluding steroid dienone is 2. The number of carboxylic acid groups (broad SMARTS) is 4. The highest BCUT2D eigenvalue weighted by Crippen LogP contribution is 2.38. The zero-order chi connectivity index (χ0) is 100. The van der Waals surface area contributed by atoms with Gasteiger partial charge in [-0.15, -0.1) is 0 Å². The van der Waals surface area contributed by atoms with E-state index in [1.165, 1.54) is 118 Å². The second-order valence-corrected chi connectivity index (χ2v) is 30.9. The number of urea groups is 1. The molecule has 10 aromatic rings. The average Bonchev–Trinajstić information content (AvgIpc) is 1.62. The van der Waals surface area contributed by atoms with E-state index in [9.17, 15) is 98.4 Å². The number of aryl methyl sites for hydroxylation is 4. The van der Waals surface area contributed by atoms with Gasteiger partial charge < -0.3 is 78.7 Å². The van der Waals surface area contributed by atoms with Crippen LogP contribution in [0.3, 0.4) is 0 Å². The molecule has 2 aliphatic heterocycles. The third kappa shape index (κ3) is 29.6. The first-order valence-corrected chi connectivity index (χ1v) is 43.3. The summed E-state index contributed by atoms with van der Waals surface area (Å²) in [6.45, 7) is 2.84. The maximum atomic E-state index is 15.7. The molecule has 0 spiro atoms. The molecule has 3 amide bonds. The summed E-state index contributed by atoms with van der Waals surface area (Å²) in [5.74, 6) is -10.6. The number of nitrogens with zero attached hydrogens (tertiary/aromatic N) is 10. The average molecular weight is 1910 g/mol. The Labute approximate surface area is 797 Å². The van der Waals surface area contributed by atoms with E-state index in [0.29, 0.717) is 62.6 Å². The van der Waals surface area contributed by atoms with Crippen molar-refractivity contribution in [2.45, 2.75) is 122 Å². The number of esters is 4. The van der Waals surface area contributed by atoms with Crippen LogP contribution in [0.2, 0.25) is 0 Å². The Balaban J connectivity index is 0.000000268. The number of phenols is 4. The van der Waals surface area contributed by atoms with Gasteiger partial charge in [0.25, 0.3) is 0 Å². The van der Waals surface area contributed by atoms with Crippen molar-refractivity contribution in [1.82, 2.24) is 10.2 Å². The summed E-state index contributed by atoms with van der Waals surface area (Å²) in [5, 5.41) is 112. The van der Waals surface area contributed by atoms with Crippen molar-refractivity contribution >= 4 is 135 Å². The summed E-state index contributed by atoms with van der Waals surface area (Å²) in [5.41, 5.74) is 4.42. The quantitative estimate of drug-likeness (QED) is 0.00327. The van der Waals surface area contributed by atoms with Crippen LogP contribution in [-0.2, 0) is 73.4 Å². The first-order chi connectivity index (χ1) is 67.3. The van der Waals surface area contributed by atoms with E-state index in [0.717, 1.165) is 29.9 Å². The Morgan fingerprint density at radius 2 is 0.793 bits per heavy atom. The minimum Gasteiger partial charge on any atom is -0.507 e. The Morgan fingerprint density at radius 3 is 1.14 bits per heavy atom. The fourth-order valence-electron chi connectivity index (χ4n) is 13.8. The molecule has 140 heavy (non-hydrogen) atoms. The number of methoxy groups -OCH3 is 2. The van der Waals surface area contributed by atoms with Crippen LogP contribution < -0.4 is 24.3 Å². The van der Waals surface area contributed by atoms with E-state index in [-0.39, 0.29) is 126 Å². The summed E-state index contributed by atoms with van der Waals surface area (Å²) >= 11 is 0. The summed E-state index contributed by atoms with van der Waals surface area (Å²) in [7, 11) is 2.79. The number of hydrogen-bond acceptors (Lipinski definition) is 32. The van der Waals surface area contributed by atoms with Gasteiger partial charge in [-0.3, -0.25) is 39.0 Å². The molecule has 0 aromatic heterocycles. The normalized spacial score (nSPS) is 15.4. The van der Waals surface area contributed by atoms with Crippen molar-refractivity contribution in [3.05, 3.63) is 274 Å². The van der Waals surface area contributed by atoms with Gasteiger partial charge in [-0.05, 0) is 206 Å². The number of carbonyl (C=O) groups is 12. The van der Waals surface area contributed by atoms with Gasteiger partial charge in [-0.25, -0.2) is 33.2 Å². The van der Waals surface area contributed by atoms with Crippen LogP contribution in [0, 0.1) is 0 Å². The second-order valence-electron chi connectivity index (χ2n) is 30.9. The number of amides is 3. The minimum atomic E-state index is -2.03. The zero-order valence-corrected chi connectivity index (χ0v) is 75.3. The summed E-state index contributed by atoms with van der Waals surface area (Å²) < 4.78 is 60.6. The molecule has 0 saturated carbocycles. The van der Waals surface area contributed by atoms with Gasteiger partial charge in [0.15, 0.2) is 65.0 Å². The van der Waals surface area contributed by atoms with Crippen LogP contribution in [0.5, 0.6) is 46.0 Å². The lowest BCUT2D eigenvalue weighted by atomic mass is 10.1. The smallest absolute Gasteiger partial charge is 0.435 e. The monoisotopic (exact) mass is 1910 g/mol. The number of aromatic hydroxyl groups is 4. The number of ether oxygens (including phenoxy) is 8. The summed E-state index contributed by atoms with van der Waals surface area (Å²) in [6, 6.07) is 50.7. The van der Waals surface area contributed by atoms with Crippen LogP contribution in [0.1, 0.15) is 140 Å². The van der Waals surface area contributed by atoms with Crippen molar-refractivity contribution < 1.29 is 141 Å². The predicted octanol–water partition coefficient (Wildman–Crippen LogP) is 19.2. The number of carbonyl (C=O) groups excluding carboxylic acids is 8. The number of benzene rings is 10. The number of halogens is 1. The number of unbranched alkanes of at least 4 members (excludes halogenated alkanes) is 2. The summed E-state index contributed by atoms with van der Waals surface area (Å²) in [4.78, 5) is 155. The molecular formula is C100H92FN11O28. The standard InChI is InChI=1S/C53H44N4O14.C47H48FN7O14/c1-68-48-27-32(13-23-46(48)70-50(62)25-15-34-7-3-5-9-42(34)56-54-36-17-21-44(60)40(29-36)52(64)65)11-19-38(58)31-39(59)20-12-33-14-24-47(49(28-33)69-2)71-51(63)26-16-35-8-4-6-10-43(35)57-55-37-18-22-45(61)41(30-37)53(66)67;1-3-4-9-22-66-47(65)50-42-33(48)25-55(46(64)49-42)43-41(69-39(59)21-15-28-11-6-8-13-35(28)54-52-30-17-19-37(57)32(24-30)45(62)63)40(26(2)67-43)68-38(58)20-14-27-10-5-7-12-34(27)53-51-29-16-18-36(56)31(23-29)44(60)61/h3-14,17-24,27-30,60-61H,15-16,25-26,31H2,1-2H3,(H,64,65)(H,66,67);5-8,10-13,16-19,23-24,26,33,40-41,43,56-57H,3-4,9,14-15,20-22,25H2,1-2H3,(H,60,61)(H,62,63)(H,49,50,64,65)/b19-11+,20-12+,56-54?,57-55?;/t;26-,33?,40+,41+,43?/m.1/s1. The van der Waals surface area contributed by atoms with Gasteiger partial charge in [0.2, 0.25) is 0 Å². The molecule has 5 atom stereocenters. The fourth-order valence-corrected chi connectivity index (χ4v) is 13.8. The molecule has 2 saturated heterocycles. The lowest BCUT2D eigenvalue weighted by molar-refractivity contribution is -0.169. The number of rotatable bonds is 41. The molecule has 40 heteroatoms. The van der Waals surface area contributed by atoms with Gasteiger partial charge in [-0.1, -0.05) is 117 Å². The maximum Gasteiger partial charge on any atom is 0.435 e. The highest BCUT2D eigenvalue weighted by molar-refractivity contribution is 6.11. The van der Waals surface area contributed by atoms with Crippen molar-refractivity contribution in [2.24, 2.45) is 45.9 Å². The van der Waals surface area contributed by atoms with Crippen LogP contribution in [0.25, 0.3) is 12.2 Å². The van der Waals surface area contributed by atoms with Crippen molar-refractivity contribution in [3.8, 4) is 46.0 Å². The molecule has 10 aromatic carbocycles. The first-order valence-electron chi connectivity index (χ1n) is 43.3. The van der Waals surface area contributed by atoms with E-state index in [1.807, 2.05) is 6.92 Å². The third-order valence-electron chi connectivity index (χ3n) is 21.0. The Hall–Kier alpha value is -17.7. The zero-order valence-electron chi connectivity index (χ0n) is 75.3. The van der Waals surface area contributed by atoms with Crippen molar-refractivity contribution in [2.75, 3.05) is 27.4 Å².